The second-order valence-corrected chi connectivity index (χ2v) is 5.65. The van der Waals surface area contributed by atoms with Crippen molar-refractivity contribution < 1.29 is 14.3 Å². The van der Waals surface area contributed by atoms with Crippen LogP contribution in [0.2, 0.25) is 0 Å². The molecular formula is C20H23NO3. The minimum atomic E-state index is -0.105. The number of ether oxygens (including phenoxy) is 1. The Morgan fingerprint density at radius 2 is 1.71 bits per heavy atom. The van der Waals surface area contributed by atoms with E-state index in [2.05, 4.69) is 5.32 Å². The van der Waals surface area contributed by atoms with Crippen molar-refractivity contribution in [2.45, 2.75) is 26.2 Å². The molecule has 0 saturated heterocycles. The fourth-order valence-electron chi connectivity index (χ4n) is 2.58. The number of hydrogen-bond donors (Lipinski definition) is 1. The van der Waals surface area contributed by atoms with Crippen molar-refractivity contribution in [3.63, 3.8) is 0 Å². The zero-order valence-corrected chi connectivity index (χ0v) is 14.2. The number of para-hydroxylation sites is 1. The van der Waals surface area contributed by atoms with Crippen LogP contribution in [0.3, 0.4) is 0 Å². The number of aryl methyl sites for hydroxylation is 1. The summed E-state index contributed by atoms with van der Waals surface area (Å²) < 4.78 is 5.28. The fraction of sp³-hybridized carbons (Fsp3) is 0.300. The molecule has 4 heteroatoms. The Kier molecular flexibility index (Phi) is 6.55. The maximum atomic E-state index is 12.2. The molecule has 0 atom stereocenters. The van der Waals surface area contributed by atoms with Crippen LogP contribution < -0.4 is 10.1 Å². The van der Waals surface area contributed by atoms with E-state index in [1.165, 1.54) is 0 Å². The van der Waals surface area contributed by atoms with Crippen molar-refractivity contribution in [1.82, 2.24) is 5.32 Å². The number of nitrogens with one attached hydrogen (secondary N) is 1. The molecule has 1 amide bonds. The second kappa shape index (κ2) is 8.87. The van der Waals surface area contributed by atoms with Gasteiger partial charge in [-0.1, -0.05) is 42.5 Å². The van der Waals surface area contributed by atoms with E-state index in [1.807, 2.05) is 49.4 Å². The van der Waals surface area contributed by atoms with Gasteiger partial charge in [0.1, 0.15) is 5.75 Å². The molecule has 2 aromatic rings. The number of hydrogen-bond acceptors (Lipinski definition) is 3. The lowest BCUT2D eigenvalue weighted by molar-refractivity contribution is -0.121. The molecule has 0 unspecified atom stereocenters. The van der Waals surface area contributed by atoms with Crippen LogP contribution in [0.1, 0.15) is 34.3 Å². The largest absolute Gasteiger partial charge is 0.496 e. The van der Waals surface area contributed by atoms with Crippen molar-refractivity contribution in [2.24, 2.45) is 0 Å². The summed E-state index contributed by atoms with van der Waals surface area (Å²) in [6.45, 7) is 2.43. The van der Waals surface area contributed by atoms with Gasteiger partial charge in [0.2, 0.25) is 5.91 Å². The summed E-state index contributed by atoms with van der Waals surface area (Å²) in [6, 6.07) is 15.2. The third-order valence-electron chi connectivity index (χ3n) is 3.93. The SMILES string of the molecule is COc1ccccc1CCNC(=O)CCC(=O)c1ccccc1C. The van der Waals surface area contributed by atoms with Crippen molar-refractivity contribution >= 4 is 11.7 Å². The summed E-state index contributed by atoms with van der Waals surface area (Å²) in [6.07, 6.45) is 1.13. The van der Waals surface area contributed by atoms with E-state index >= 15 is 0 Å². The van der Waals surface area contributed by atoms with Gasteiger partial charge in [-0.25, -0.2) is 0 Å². The van der Waals surface area contributed by atoms with Gasteiger partial charge >= 0.3 is 0 Å². The molecule has 0 radical (unpaired) electrons. The molecule has 0 fully saturated rings. The van der Waals surface area contributed by atoms with Crippen molar-refractivity contribution in [2.75, 3.05) is 13.7 Å². The highest BCUT2D eigenvalue weighted by atomic mass is 16.5. The summed E-state index contributed by atoms with van der Waals surface area (Å²) in [7, 11) is 1.63. The van der Waals surface area contributed by atoms with E-state index in [0.29, 0.717) is 18.5 Å². The highest BCUT2D eigenvalue weighted by Gasteiger charge is 2.11. The molecule has 2 aromatic carbocycles. The average molecular weight is 325 g/mol. The lowest BCUT2D eigenvalue weighted by Crippen LogP contribution is -2.26. The van der Waals surface area contributed by atoms with Gasteiger partial charge in [-0.3, -0.25) is 9.59 Å². The highest BCUT2D eigenvalue weighted by Crippen LogP contribution is 2.17. The standard InChI is InChI=1S/C20H23NO3/c1-15-7-3-5-9-17(15)18(22)11-12-20(23)21-14-13-16-8-4-6-10-19(16)24-2/h3-10H,11-14H2,1-2H3,(H,21,23). The average Bonchev–Trinajstić information content (AvgIpc) is 2.60. The van der Waals surface area contributed by atoms with Gasteiger partial charge in [-0.05, 0) is 30.5 Å². The number of carbonyl (C=O) groups is 2. The first-order valence-corrected chi connectivity index (χ1v) is 8.09. The minimum absolute atomic E-state index is 0.00739. The van der Waals surface area contributed by atoms with Crippen LogP contribution in [0, 0.1) is 6.92 Å². The first kappa shape index (κ1) is 17.7. The quantitative estimate of drug-likeness (QED) is 0.758. The number of ketones is 1. The lowest BCUT2D eigenvalue weighted by Gasteiger charge is -2.09. The Bertz CT molecular complexity index is 710. The van der Waals surface area contributed by atoms with Gasteiger partial charge in [-0.2, -0.15) is 0 Å². The molecule has 0 aliphatic carbocycles. The van der Waals surface area contributed by atoms with E-state index in [-0.39, 0.29) is 24.5 Å². The van der Waals surface area contributed by atoms with Crippen molar-refractivity contribution in [1.29, 1.82) is 0 Å². The first-order valence-electron chi connectivity index (χ1n) is 8.09. The summed E-state index contributed by atoms with van der Waals surface area (Å²) in [4.78, 5) is 24.1. The fourth-order valence-corrected chi connectivity index (χ4v) is 2.58. The molecule has 0 aromatic heterocycles. The van der Waals surface area contributed by atoms with Crippen LogP contribution >= 0.6 is 0 Å². The number of amides is 1. The third kappa shape index (κ3) is 4.95. The molecule has 0 aliphatic rings. The predicted molar refractivity (Wildman–Crippen MR) is 94.5 cm³/mol. The molecule has 0 aliphatic heterocycles. The molecule has 0 saturated carbocycles. The van der Waals surface area contributed by atoms with E-state index in [1.54, 1.807) is 13.2 Å². The molecule has 0 heterocycles. The maximum Gasteiger partial charge on any atom is 0.220 e. The smallest absolute Gasteiger partial charge is 0.220 e. The molecule has 1 N–H and O–H groups in total. The summed E-state index contributed by atoms with van der Waals surface area (Å²) in [5.74, 6) is 0.723. The predicted octanol–water partition coefficient (Wildman–Crippen LogP) is 3.33. The van der Waals surface area contributed by atoms with Crippen LogP contribution in [0.25, 0.3) is 0 Å². The Hall–Kier alpha value is -2.62. The molecule has 4 nitrogen and oxygen atoms in total. The van der Waals surface area contributed by atoms with Crippen molar-refractivity contribution in [3.05, 3.63) is 65.2 Å². The summed E-state index contributed by atoms with van der Waals surface area (Å²) in [5.41, 5.74) is 2.69. The van der Waals surface area contributed by atoms with Gasteiger partial charge < -0.3 is 10.1 Å². The molecule has 24 heavy (non-hydrogen) atoms. The number of methoxy groups -OCH3 is 1. The highest BCUT2D eigenvalue weighted by molar-refractivity contribution is 5.99. The molecular weight excluding hydrogens is 302 g/mol. The maximum absolute atomic E-state index is 12.2. The molecule has 126 valence electrons. The van der Waals surface area contributed by atoms with Crippen molar-refractivity contribution in [3.8, 4) is 5.75 Å². The lowest BCUT2D eigenvalue weighted by atomic mass is 10.0. The zero-order valence-electron chi connectivity index (χ0n) is 14.2. The molecule has 0 bridgehead atoms. The third-order valence-corrected chi connectivity index (χ3v) is 3.93. The van der Waals surface area contributed by atoms with Crippen LogP contribution in [0.4, 0.5) is 0 Å². The van der Waals surface area contributed by atoms with Gasteiger partial charge in [0, 0.05) is 24.9 Å². The molecule has 2 rings (SSSR count). The monoisotopic (exact) mass is 325 g/mol. The second-order valence-electron chi connectivity index (χ2n) is 5.65. The number of benzene rings is 2. The van der Waals surface area contributed by atoms with Gasteiger partial charge in [0.15, 0.2) is 5.78 Å². The van der Waals surface area contributed by atoms with Crippen LogP contribution in [-0.4, -0.2) is 25.3 Å². The molecule has 0 spiro atoms. The Morgan fingerprint density at radius 3 is 2.46 bits per heavy atom. The van der Waals surface area contributed by atoms with Crippen LogP contribution in [0.15, 0.2) is 48.5 Å². The van der Waals surface area contributed by atoms with Crippen LogP contribution in [-0.2, 0) is 11.2 Å². The Morgan fingerprint density at radius 1 is 1.00 bits per heavy atom. The number of Topliss-reactive ketones (excluding diaryl/α,β-unsaturated/α-hetero) is 1. The normalized spacial score (nSPS) is 10.2. The Balaban J connectivity index is 1.76. The summed E-state index contributed by atoms with van der Waals surface area (Å²) in [5, 5.41) is 2.86. The zero-order chi connectivity index (χ0) is 17.4. The number of rotatable bonds is 8. The first-order chi connectivity index (χ1) is 11.6. The minimum Gasteiger partial charge on any atom is -0.496 e. The topological polar surface area (TPSA) is 55.4 Å². The van der Waals surface area contributed by atoms with E-state index in [4.69, 9.17) is 4.74 Å². The van der Waals surface area contributed by atoms with Gasteiger partial charge in [0.25, 0.3) is 0 Å². The van der Waals surface area contributed by atoms with Gasteiger partial charge in [-0.15, -0.1) is 0 Å². The van der Waals surface area contributed by atoms with E-state index < -0.39 is 0 Å². The van der Waals surface area contributed by atoms with Gasteiger partial charge in [0.05, 0.1) is 7.11 Å². The van der Waals surface area contributed by atoms with Crippen LogP contribution in [0.5, 0.6) is 5.75 Å². The number of carbonyl (C=O) groups excluding carboxylic acids is 2. The Labute approximate surface area is 142 Å². The summed E-state index contributed by atoms with van der Waals surface area (Å²) >= 11 is 0. The van der Waals surface area contributed by atoms with E-state index in [9.17, 15) is 9.59 Å². The van der Waals surface area contributed by atoms with E-state index in [0.717, 1.165) is 16.9 Å².